The van der Waals surface area contributed by atoms with E-state index >= 15 is 0 Å². The molecule has 0 aliphatic heterocycles. The molecule has 2 bridgehead atoms. The van der Waals surface area contributed by atoms with E-state index in [-0.39, 0.29) is 39.9 Å². The van der Waals surface area contributed by atoms with E-state index in [9.17, 15) is 9.90 Å². The first-order chi connectivity index (χ1) is 12.7. The third kappa shape index (κ3) is 2.97. The normalized spacial score (nSPS) is 36.2. The molecule has 3 nitrogen and oxygen atoms in total. The number of aliphatic hydroxyl groups excluding tert-OH is 1. The molecule has 4 heteroatoms. The highest BCUT2D eigenvalue weighted by molar-refractivity contribution is 6.74. The van der Waals surface area contributed by atoms with Gasteiger partial charge in [-0.05, 0) is 62.2 Å². The van der Waals surface area contributed by atoms with Crippen LogP contribution < -0.4 is 0 Å². The van der Waals surface area contributed by atoms with Gasteiger partial charge < -0.3 is 9.53 Å². The van der Waals surface area contributed by atoms with Crippen molar-refractivity contribution in [2.24, 2.45) is 22.7 Å². The predicted molar refractivity (Wildman–Crippen MR) is 118 cm³/mol. The predicted octanol–water partition coefficient (Wildman–Crippen LogP) is 6.57. The highest BCUT2D eigenvalue weighted by Crippen LogP contribution is 2.65. The molecule has 0 aromatic rings. The fourth-order valence-electron chi connectivity index (χ4n) is 5.80. The summed E-state index contributed by atoms with van der Waals surface area (Å²) < 4.78 is 7.09. The van der Waals surface area contributed by atoms with Crippen LogP contribution in [0.3, 0.4) is 0 Å². The quantitative estimate of drug-likeness (QED) is 0.418. The molecule has 4 atom stereocenters. The molecular weight excluding hydrogens is 364 g/mol. The number of rotatable bonds is 2. The van der Waals surface area contributed by atoms with Crippen LogP contribution in [0.1, 0.15) is 73.6 Å². The van der Waals surface area contributed by atoms with Crippen molar-refractivity contribution < 1.29 is 14.3 Å². The van der Waals surface area contributed by atoms with Gasteiger partial charge in [0, 0.05) is 16.7 Å². The third-order valence-electron chi connectivity index (χ3n) is 8.76. The van der Waals surface area contributed by atoms with Crippen molar-refractivity contribution in [3.8, 4) is 0 Å². The van der Waals surface area contributed by atoms with Crippen LogP contribution in [0, 0.1) is 22.7 Å². The van der Waals surface area contributed by atoms with Crippen molar-refractivity contribution >= 4 is 14.1 Å². The molecule has 2 saturated carbocycles. The molecule has 0 heterocycles. The Hall–Kier alpha value is -0.873. The Labute approximate surface area is 172 Å². The molecule has 1 N–H and O–H groups in total. The topological polar surface area (TPSA) is 46.5 Å². The van der Waals surface area contributed by atoms with Gasteiger partial charge in [-0.25, -0.2) is 0 Å². The van der Waals surface area contributed by atoms with E-state index in [0.29, 0.717) is 0 Å². The molecular formula is C24H40O3Si. The Balaban J connectivity index is 2.19. The Kier molecular flexibility index (Phi) is 5.12. The number of carbonyl (C=O) groups is 1. The van der Waals surface area contributed by atoms with Crippen molar-refractivity contribution in [3.05, 3.63) is 23.5 Å². The van der Waals surface area contributed by atoms with Crippen LogP contribution in [0.4, 0.5) is 0 Å². The van der Waals surface area contributed by atoms with Crippen LogP contribution in [0.15, 0.2) is 23.5 Å². The summed E-state index contributed by atoms with van der Waals surface area (Å²) in [5.74, 6) is 0.0371. The molecule has 158 valence electrons. The number of hydrogen-bond acceptors (Lipinski definition) is 3. The number of hydrogen-bond donors (Lipinski definition) is 1. The van der Waals surface area contributed by atoms with E-state index in [1.54, 1.807) is 0 Å². The Morgan fingerprint density at radius 2 is 1.82 bits per heavy atom. The molecule has 0 amide bonds. The van der Waals surface area contributed by atoms with Gasteiger partial charge in [-0.1, -0.05) is 53.2 Å². The highest BCUT2D eigenvalue weighted by atomic mass is 28.4. The van der Waals surface area contributed by atoms with Gasteiger partial charge in [0.2, 0.25) is 5.78 Å². The summed E-state index contributed by atoms with van der Waals surface area (Å²) in [7, 11) is -2.04. The largest absolute Gasteiger partial charge is 0.504 e. The highest BCUT2D eigenvalue weighted by Gasteiger charge is 2.64. The molecule has 0 aromatic carbocycles. The van der Waals surface area contributed by atoms with Gasteiger partial charge in [-0.3, -0.25) is 4.79 Å². The smallest absolute Gasteiger partial charge is 0.202 e. The van der Waals surface area contributed by atoms with Crippen molar-refractivity contribution in [1.29, 1.82) is 0 Å². The van der Waals surface area contributed by atoms with Crippen LogP contribution in [0.2, 0.25) is 18.1 Å². The molecule has 0 saturated heterocycles. The van der Waals surface area contributed by atoms with Crippen LogP contribution >= 0.6 is 0 Å². The number of fused-ring (bicyclic) bond motifs is 3. The molecule has 1 spiro atoms. The number of carbonyl (C=O) groups excluding carboxylic acids is 1. The van der Waals surface area contributed by atoms with Crippen LogP contribution in [0.5, 0.6) is 0 Å². The summed E-state index contributed by atoms with van der Waals surface area (Å²) in [6.07, 6.45) is 5.47. The number of ketones is 1. The zero-order valence-corrected chi connectivity index (χ0v) is 20.2. The summed E-state index contributed by atoms with van der Waals surface area (Å²) in [4.78, 5) is 13.2. The molecule has 3 rings (SSSR count). The Morgan fingerprint density at radius 3 is 2.36 bits per heavy atom. The fraction of sp³-hybridized carbons (Fsp3) is 0.792. The first-order valence-electron chi connectivity index (χ1n) is 11.0. The summed E-state index contributed by atoms with van der Waals surface area (Å²) in [6.45, 7) is 21.9. The molecule has 28 heavy (non-hydrogen) atoms. The van der Waals surface area contributed by atoms with Crippen molar-refractivity contribution in [2.45, 2.75) is 97.9 Å². The van der Waals surface area contributed by atoms with Gasteiger partial charge in [0.15, 0.2) is 14.1 Å². The molecule has 3 aliphatic rings. The van der Waals surface area contributed by atoms with Gasteiger partial charge in [-0.2, -0.15) is 0 Å². The SMILES string of the molecule is C=C1CCCC[C@]12C[C@H]1[C@@H](O[Si](C)(C)C(C)(C)C)[C@@H]2C(C)=C(O)C(=O)C1(C)C. The first-order valence-corrected chi connectivity index (χ1v) is 13.9. The number of aliphatic hydroxyl groups is 1. The second kappa shape index (κ2) is 6.56. The minimum atomic E-state index is -2.04. The summed E-state index contributed by atoms with van der Waals surface area (Å²) in [5, 5.41) is 11.0. The van der Waals surface area contributed by atoms with Crippen LogP contribution in [0.25, 0.3) is 0 Å². The zero-order chi connectivity index (χ0) is 21.3. The number of allylic oxidation sites excluding steroid dienone is 2. The standard InChI is InChI=1S/C24H40O3Si/c1-15-12-10-11-13-24(15)14-17-20(27-28(8,9)22(3,4)5)18(24)16(2)19(25)21(26)23(17,6)7/h17-18,20,25H,1,10-14H2,2-9H3/t17-,18-,20+,24-/m0/s1. The second-order valence-corrected chi connectivity index (χ2v) is 16.4. The van der Waals surface area contributed by atoms with Gasteiger partial charge in [-0.15, -0.1) is 0 Å². The van der Waals surface area contributed by atoms with E-state index < -0.39 is 13.7 Å². The maximum absolute atomic E-state index is 13.2. The van der Waals surface area contributed by atoms with E-state index in [0.717, 1.165) is 24.8 Å². The zero-order valence-electron chi connectivity index (χ0n) is 19.2. The van der Waals surface area contributed by atoms with Gasteiger partial charge in [0.1, 0.15) is 0 Å². The summed E-state index contributed by atoms with van der Waals surface area (Å²) >= 11 is 0. The lowest BCUT2D eigenvalue weighted by Gasteiger charge is -2.45. The van der Waals surface area contributed by atoms with Gasteiger partial charge in [0.25, 0.3) is 0 Å². The molecule has 0 unspecified atom stereocenters. The molecule has 0 radical (unpaired) electrons. The van der Waals surface area contributed by atoms with E-state index in [1.165, 1.54) is 18.4 Å². The average molecular weight is 405 g/mol. The van der Waals surface area contributed by atoms with Crippen molar-refractivity contribution in [1.82, 2.24) is 0 Å². The van der Waals surface area contributed by atoms with Gasteiger partial charge >= 0.3 is 0 Å². The summed E-state index contributed by atoms with van der Waals surface area (Å²) in [5.41, 5.74) is 1.48. The Morgan fingerprint density at radius 1 is 1.21 bits per heavy atom. The molecule has 0 aromatic heterocycles. The maximum Gasteiger partial charge on any atom is 0.202 e. The van der Waals surface area contributed by atoms with Gasteiger partial charge in [0.05, 0.1) is 6.10 Å². The maximum atomic E-state index is 13.2. The lowest BCUT2D eigenvalue weighted by atomic mass is 9.61. The van der Waals surface area contributed by atoms with E-state index in [2.05, 4.69) is 40.4 Å². The lowest BCUT2D eigenvalue weighted by Crippen LogP contribution is -2.49. The molecule has 2 fully saturated rings. The van der Waals surface area contributed by atoms with Crippen LogP contribution in [-0.4, -0.2) is 25.3 Å². The van der Waals surface area contributed by atoms with Crippen molar-refractivity contribution in [3.63, 3.8) is 0 Å². The third-order valence-corrected chi connectivity index (χ3v) is 13.2. The fourth-order valence-corrected chi connectivity index (χ4v) is 7.14. The monoisotopic (exact) mass is 404 g/mol. The Bertz CT molecular complexity index is 725. The van der Waals surface area contributed by atoms with Crippen molar-refractivity contribution in [2.75, 3.05) is 0 Å². The average Bonchev–Trinajstić information content (AvgIpc) is 2.87. The summed E-state index contributed by atoms with van der Waals surface area (Å²) in [6, 6.07) is 0. The van der Waals surface area contributed by atoms with E-state index in [4.69, 9.17) is 4.43 Å². The number of Topliss-reactive ketones (excluding diaryl/α,β-unsaturated/α-hetero) is 1. The second-order valence-electron chi connectivity index (χ2n) is 11.7. The minimum absolute atomic E-state index is 0.0150. The lowest BCUT2D eigenvalue weighted by molar-refractivity contribution is -0.130. The first kappa shape index (κ1) is 21.8. The minimum Gasteiger partial charge on any atom is -0.504 e. The molecule has 3 aliphatic carbocycles. The van der Waals surface area contributed by atoms with E-state index in [1.807, 2.05) is 20.8 Å². The van der Waals surface area contributed by atoms with Crippen LogP contribution in [-0.2, 0) is 9.22 Å².